The second kappa shape index (κ2) is 4.41. The SMILES string of the molecule is O=C1CCN(CCl)C=C1OC(F)F. The molecule has 0 atom stereocenters. The Kier molecular flexibility index (Phi) is 3.48. The summed E-state index contributed by atoms with van der Waals surface area (Å²) in [5.41, 5.74) is 0. The molecule has 1 aliphatic heterocycles. The van der Waals surface area contributed by atoms with Crippen LogP contribution in [0.4, 0.5) is 8.78 Å². The zero-order chi connectivity index (χ0) is 9.84. The molecular formula is C7H8ClF2NO2. The van der Waals surface area contributed by atoms with Crippen molar-refractivity contribution in [1.82, 2.24) is 4.90 Å². The van der Waals surface area contributed by atoms with Gasteiger partial charge in [-0.25, -0.2) is 0 Å². The second-order valence-corrected chi connectivity index (χ2v) is 2.72. The molecule has 3 nitrogen and oxygen atoms in total. The van der Waals surface area contributed by atoms with E-state index in [1.54, 1.807) is 0 Å². The smallest absolute Gasteiger partial charge is 0.387 e. The number of carbonyl (C=O) groups is 1. The molecule has 0 aromatic rings. The number of Topliss-reactive ketones (excluding diaryl/α,β-unsaturated/α-hetero) is 1. The largest absolute Gasteiger partial charge is 0.429 e. The quantitative estimate of drug-likeness (QED) is 0.524. The summed E-state index contributed by atoms with van der Waals surface area (Å²) in [5.74, 6) is -0.733. The summed E-state index contributed by atoms with van der Waals surface area (Å²) in [7, 11) is 0. The van der Waals surface area contributed by atoms with Gasteiger partial charge in [-0.2, -0.15) is 8.78 Å². The molecule has 0 aromatic heterocycles. The predicted octanol–water partition coefficient (Wildman–Crippen LogP) is 1.54. The van der Waals surface area contributed by atoms with Crippen molar-refractivity contribution in [1.29, 1.82) is 0 Å². The van der Waals surface area contributed by atoms with E-state index in [0.717, 1.165) is 0 Å². The minimum atomic E-state index is -2.97. The highest BCUT2D eigenvalue weighted by molar-refractivity contribution is 6.17. The van der Waals surface area contributed by atoms with Crippen molar-refractivity contribution in [3.63, 3.8) is 0 Å². The molecule has 0 unspecified atom stereocenters. The highest BCUT2D eigenvalue weighted by atomic mass is 35.5. The van der Waals surface area contributed by atoms with Crippen LogP contribution in [-0.4, -0.2) is 29.8 Å². The Balaban J connectivity index is 2.66. The van der Waals surface area contributed by atoms with Crippen LogP contribution in [0.5, 0.6) is 0 Å². The van der Waals surface area contributed by atoms with Crippen molar-refractivity contribution in [3.05, 3.63) is 12.0 Å². The number of nitrogens with zero attached hydrogens (tertiary/aromatic N) is 1. The lowest BCUT2D eigenvalue weighted by molar-refractivity contribution is -0.134. The van der Waals surface area contributed by atoms with E-state index in [2.05, 4.69) is 4.74 Å². The van der Waals surface area contributed by atoms with E-state index in [1.807, 2.05) is 0 Å². The molecule has 0 spiro atoms. The second-order valence-electron chi connectivity index (χ2n) is 2.48. The average Bonchev–Trinajstić information content (AvgIpc) is 2.08. The number of halogens is 3. The van der Waals surface area contributed by atoms with E-state index in [-0.39, 0.29) is 18.2 Å². The molecule has 0 saturated carbocycles. The monoisotopic (exact) mass is 211 g/mol. The van der Waals surface area contributed by atoms with Crippen LogP contribution < -0.4 is 0 Å². The molecule has 1 aliphatic rings. The number of alkyl halides is 3. The van der Waals surface area contributed by atoms with E-state index >= 15 is 0 Å². The third-order valence-corrected chi connectivity index (χ3v) is 1.88. The number of ketones is 1. The minimum absolute atomic E-state index is 0.156. The molecule has 0 aromatic carbocycles. The van der Waals surface area contributed by atoms with E-state index < -0.39 is 12.4 Å². The summed E-state index contributed by atoms with van der Waals surface area (Å²) in [4.78, 5) is 12.5. The maximum Gasteiger partial charge on any atom is 0.387 e. The summed E-state index contributed by atoms with van der Waals surface area (Å²) in [6, 6.07) is 0.156. The first kappa shape index (κ1) is 10.2. The lowest BCUT2D eigenvalue weighted by atomic mass is 10.2. The summed E-state index contributed by atoms with van der Waals surface area (Å²) in [6.45, 7) is -2.52. The fourth-order valence-electron chi connectivity index (χ4n) is 0.957. The maximum atomic E-state index is 11.8. The van der Waals surface area contributed by atoms with Crippen LogP contribution in [0.2, 0.25) is 0 Å². The van der Waals surface area contributed by atoms with E-state index in [0.29, 0.717) is 6.54 Å². The summed E-state index contributed by atoms with van der Waals surface area (Å²) < 4.78 is 27.5. The molecule has 0 fully saturated rings. The molecule has 0 N–H and O–H groups in total. The lowest BCUT2D eigenvalue weighted by Crippen LogP contribution is -2.28. The Morgan fingerprint density at radius 1 is 1.69 bits per heavy atom. The molecule has 0 amide bonds. The Labute approximate surface area is 78.9 Å². The normalized spacial score (nSPS) is 17.7. The fraction of sp³-hybridized carbons (Fsp3) is 0.571. The highest BCUT2D eigenvalue weighted by Gasteiger charge is 2.21. The van der Waals surface area contributed by atoms with Crippen LogP contribution in [0.1, 0.15) is 6.42 Å². The maximum absolute atomic E-state index is 11.8. The van der Waals surface area contributed by atoms with Crippen molar-refractivity contribution < 1.29 is 18.3 Å². The molecule has 1 heterocycles. The van der Waals surface area contributed by atoms with Gasteiger partial charge >= 0.3 is 6.61 Å². The van der Waals surface area contributed by atoms with E-state index in [1.165, 1.54) is 11.1 Å². The van der Waals surface area contributed by atoms with Crippen LogP contribution in [-0.2, 0) is 9.53 Å². The van der Waals surface area contributed by atoms with Crippen molar-refractivity contribution in [2.45, 2.75) is 13.0 Å². The zero-order valence-corrected chi connectivity index (χ0v) is 7.43. The van der Waals surface area contributed by atoms with Gasteiger partial charge in [-0.3, -0.25) is 4.79 Å². The van der Waals surface area contributed by atoms with Gasteiger partial charge < -0.3 is 9.64 Å². The van der Waals surface area contributed by atoms with Crippen molar-refractivity contribution in [2.75, 3.05) is 12.5 Å². The fourth-order valence-corrected chi connectivity index (χ4v) is 1.15. The Bertz CT molecular complexity index is 233. The van der Waals surface area contributed by atoms with Gasteiger partial charge in [0.15, 0.2) is 5.76 Å². The predicted molar refractivity (Wildman–Crippen MR) is 42.2 cm³/mol. The van der Waals surface area contributed by atoms with Gasteiger partial charge in [0.25, 0.3) is 0 Å². The van der Waals surface area contributed by atoms with Gasteiger partial charge in [0.1, 0.15) is 0 Å². The van der Waals surface area contributed by atoms with Crippen LogP contribution in [0, 0.1) is 0 Å². The highest BCUT2D eigenvalue weighted by Crippen LogP contribution is 2.15. The molecule has 1 rings (SSSR count). The lowest BCUT2D eigenvalue weighted by Gasteiger charge is -2.22. The molecule has 74 valence electrons. The number of hydrogen-bond donors (Lipinski definition) is 0. The third kappa shape index (κ3) is 2.84. The molecule has 0 aliphatic carbocycles. The molecule has 0 bridgehead atoms. The van der Waals surface area contributed by atoms with Gasteiger partial charge in [-0.15, -0.1) is 11.6 Å². The standard InChI is InChI=1S/C7H8ClF2NO2/c8-4-11-2-1-5(12)6(3-11)13-7(9)10/h3,7H,1-2,4H2. The third-order valence-electron chi connectivity index (χ3n) is 1.57. The van der Waals surface area contributed by atoms with Gasteiger partial charge in [-0.05, 0) is 0 Å². The van der Waals surface area contributed by atoms with Crippen LogP contribution in [0.15, 0.2) is 12.0 Å². The number of ether oxygens (including phenoxy) is 1. The van der Waals surface area contributed by atoms with E-state index in [4.69, 9.17) is 11.6 Å². The molecule has 0 radical (unpaired) electrons. The van der Waals surface area contributed by atoms with Gasteiger partial charge in [-0.1, -0.05) is 0 Å². The topological polar surface area (TPSA) is 29.5 Å². The minimum Gasteiger partial charge on any atom is -0.429 e. The Morgan fingerprint density at radius 2 is 2.38 bits per heavy atom. The number of carbonyl (C=O) groups excluding carboxylic acids is 1. The Hall–Kier alpha value is -0.840. The molecule has 0 saturated heterocycles. The molecular weight excluding hydrogens is 204 g/mol. The van der Waals surface area contributed by atoms with Crippen LogP contribution in [0.3, 0.4) is 0 Å². The van der Waals surface area contributed by atoms with E-state index in [9.17, 15) is 13.6 Å². The molecule has 6 heteroatoms. The van der Waals surface area contributed by atoms with Crippen molar-refractivity contribution in [2.24, 2.45) is 0 Å². The summed E-state index contributed by atoms with van der Waals surface area (Å²) >= 11 is 5.46. The number of allylic oxidation sites excluding steroid dienone is 1. The van der Waals surface area contributed by atoms with Gasteiger partial charge in [0, 0.05) is 19.2 Å². The van der Waals surface area contributed by atoms with Crippen molar-refractivity contribution >= 4 is 17.4 Å². The summed E-state index contributed by atoms with van der Waals surface area (Å²) in [5, 5.41) is 0. The first-order valence-corrected chi connectivity index (χ1v) is 4.17. The Morgan fingerprint density at radius 3 is 2.92 bits per heavy atom. The number of hydrogen-bond acceptors (Lipinski definition) is 3. The first-order chi connectivity index (χ1) is 6.13. The zero-order valence-electron chi connectivity index (χ0n) is 6.67. The van der Waals surface area contributed by atoms with Crippen molar-refractivity contribution in [3.8, 4) is 0 Å². The van der Waals surface area contributed by atoms with Crippen LogP contribution >= 0.6 is 11.6 Å². The average molecular weight is 212 g/mol. The van der Waals surface area contributed by atoms with Gasteiger partial charge in [0.05, 0.1) is 6.00 Å². The number of rotatable bonds is 3. The summed E-state index contributed by atoms with van der Waals surface area (Å²) in [6.07, 6.45) is 1.37. The van der Waals surface area contributed by atoms with Gasteiger partial charge in [0.2, 0.25) is 5.78 Å². The molecule has 13 heavy (non-hydrogen) atoms. The first-order valence-electron chi connectivity index (χ1n) is 3.63. The van der Waals surface area contributed by atoms with Crippen LogP contribution in [0.25, 0.3) is 0 Å².